The predicted molar refractivity (Wildman–Crippen MR) is 68.6 cm³/mol. The lowest BCUT2D eigenvalue weighted by atomic mass is 9.95. The lowest BCUT2D eigenvalue weighted by Crippen LogP contribution is -2.52. The molecule has 0 aliphatic carbocycles. The third-order valence-electron chi connectivity index (χ3n) is 3.70. The van der Waals surface area contributed by atoms with Crippen molar-refractivity contribution in [3.63, 3.8) is 0 Å². The Morgan fingerprint density at radius 3 is 2.89 bits per heavy atom. The van der Waals surface area contributed by atoms with E-state index in [0.717, 1.165) is 19.5 Å². The fraction of sp³-hybridized carbons (Fsp3) is 0.909. The van der Waals surface area contributed by atoms with E-state index in [2.05, 4.69) is 17.6 Å². The van der Waals surface area contributed by atoms with E-state index in [0.29, 0.717) is 18.9 Å². The average Bonchev–Trinajstić information content (AvgIpc) is 2.62. The first-order valence-electron chi connectivity index (χ1n) is 6.47. The molecule has 2 N–H and O–H groups in total. The van der Waals surface area contributed by atoms with Gasteiger partial charge in [-0.25, -0.2) is 8.42 Å². The van der Waals surface area contributed by atoms with Gasteiger partial charge in [0.05, 0.1) is 12.3 Å². The summed E-state index contributed by atoms with van der Waals surface area (Å²) in [6, 6.07) is 0.108. The number of nitrogens with zero attached hydrogens (tertiary/aromatic N) is 1. The molecule has 7 heteroatoms. The maximum atomic E-state index is 11.9. The fourth-order valence-electron chi connectivity index (χ4n) is 2.46. The van der Waals surface area contributed by atoms with Gasteiger partial charge in [-0.2, -0.15) is 4.31 Å². The first kappa shape index (κ1) is 13.8. The van der Waals surface area contributed by atoms with Crippen LogP contribution in [0.2, 0.25) is 0 Å². The lowest BCUT2D eigenvalue weighted by Gasteiger charge is -2.30. The normalized spacial score (nSPS) is 32.3. The number of hydrogen-bond acceptors (Lipinski definition) is 4. The van der Waals surface area contributed by atoms with Gasteiger partial charge in [0.15, 0.2) is 0 Å². The Morgan fingerprint density at radius 2 is 2.28 bits per heavy atom. The second-order valence-corrected chi connectivity index (χ2v) is 7.24. The van der Waals surface area contributed by atoms with Crippen LogP contribution < -0.4 is 10.6 Å². The van der Waals surface area contributed by atoms with Crippen LogP contribution in [0.25, 0.3) is 0 Å². The van der Waals surface area contributed by atoms with Crippen molar-refractivity contribution in [2.24, 2.45) is 5.92 Å². The van der Waals surface area contributed by atoms with Crippen LogP contribution in [-0.4, -0.2) is 56.6 Å². The van der Waals surface area contributed by atoms with E-state index < -0.39 is 10.0 Å². The summed E-state index contributed by atoms with van der Waals surface area (Å²) in [5, 5.41) is 6.16. The highest BCUT2D eigenvalue weighted by Gasteiger charge is 2.31. The molecule has 2 aliphatic rings. The molecule has 2 rings (SSSR count). The Kier molecular flexibility index (Phi) is 4.24. The summed E-state index contributed by atoms with van der Waals surface area (Å²) in [7, 11) is -3.18. The maximum absolute atomic E-state index is 11.9. The van der Waals surface area contributed by atoms with Crippen LogP contribution >= 0.6 is 0 Å². The predicted octanol–water partition coefficient (Wildman–Crippen LogP) is -0.864. The molecule has 0 radical (unpaired) electrons. The number of carbonyl (C=O) groups is 1. The largest absolute Gasteiger partial charge is 0.351 e. The van der Waals surface area contributed by atoms with Gasteiger partial charge in [0.2, 0.25) is 15.9 Å². The second-order valence-electron chi connectivity index (χ2n) is 5.15. The summed E-state index contributed by atoms with van der Waals surface area (Å²) < 4.78 is 24.5. The first-order chi connectivity index (χ1) is 8.49. The minimum Gasteiger partial charge on any atom is -0.351 e. The van der Waals surface area contributed by atoms with Crippen molar-refractivity contribution in [2.75, 3.05) is 31.9 Å². The molecule has 0 saturated carbocycles. The highest BCUT2D eigenvalue weighted by molar-refractivity contribution is 7.89. The molecule has 2 heterocycles. The maximum Gasteiger partial charge on any atom is 0.235 e. The van der Waals surface area contributed by atoms with Gasteiger partial charge in [-0.3, -0.25) is 4.79 Å². The van der Waals surface area contributed by atoms with Crippen LogP contribution in [0, 0.1) is 5.92 Å². The third-order valence-corrected chi connectivity index (χ3v) is 5.60. The Balaban J connectivity index is 1.85. The molecule has 0 aromatic heterocycles. The van der Waals surface area contributed by atoms with Gasteiger partial charge in [0.25, 0.3) is 0 Å². The summed E-state index contributed by atoms with van der Waals surface area (Å²) in [6.45, 7) is 4.28. The van der Waals surface area contributed by atoms with E-state index in [1.54, 1.807) is 0 Å². The highest BCUT2D eigenvalue weighted by atomic mass is 32.2. The van der Waals surface area contributed by atoms with Crippen molar-refractivity contribution in [3.8, 4) is 0 Å². The van der Waals surface area contributed by atoms with Crippen molar-refractivity contribution in [2.45, 2.75) is 25.8 Å². The van der Waals surface area contributed by atoms with Crippen LogP contribution in [0.1, 0.15) is 19.8 Å². The minimum atomic E-state index is -3.18. The molecule has 6 nitrogen and oxygen atoms in total. The van der Waals surface area contributed by atoms with Crippen LogP contribution in [0.3, 0.4) is 0 Å². The van der Waals surface area contributed by atoms with Gasteiger partial charge >= 0.3 is 0 Å². The monoisotopic (exact) mass is 275 g/mol. The second kappa shape index (κ2) is 5.54. The van der Waals surface area contributed by atoms with Crippen molar-refractivity contribution in [1.29, 1.82) is 0 Å². The Labute approximate surface area is 108 Å². The summed E-state index contributed by atoms with van der Waals surface area (Å²) in [5.41, 5.74) is 0. The van der Waals surface area contributed by atoms with Gasteiger partial charge in [-0.1, -0.05) is 6.92 Å². The highest BCUT2D eigenvalue weighted by Crippen LogP contribution is 2.14. The van der Waals surface area contributed by atoms with Crippen molar-refractivity contribution in [3.05, 3.63) is 0 Å². The zero-order valence-corrected chi connectivity index (χ0v) is 11.5. The molecule has 1 amide bonds. The first-order valence-corrected chi connectivity index (χ1v) is 8.08. The molecular weight excluding hydrogens is 254 g/mol. The molecule has 0 spiro atoms. The number of amides is 1. The number of hydrogen-bond donors (Lipinski definition) is 2. The molecule has 2 atom stereocenters. The molecule has 18 heavy (non-hydrogen) atoms. The van der Waals surface area contributed by atoms with E-state index in [-0.39, 0.29) is 24.2 Å². The van der Waals surface area contributed by atoms with Gasteiger partial charge in [0, 0.05) is 19.1 Å². The van der Waals surface area contributed by atoms with Crippen molar-refractivity contribution < 1.29 is 13.2 Å². The van der Waals surface area contributed by atoms with Gasteiger partial charge < -0.3 is 10.6 Å². The molecular formula is C11H21N3O3S. The Hall–Kier alpha value is -0.660. The number of sulfonamides is 1. The van der Waals surface area contributed by atoms with Crippen LogP contribution in [-0.2, 0) is 14.8 Å². The lowest BCUT2D eigenvalue weighted by molar-refractivity contribution is -0.122. The number of carbonyl (C=O) groups excluding carboxylic acids is 1. The smallest absolute Gasteiger partial charge is 0.235 e. The quantitative estimate of drug-likeness (QED) is 0.702. The summed E-state index contributed by atoms with van der Waals surface area (Å²) in [6.07, 6.45) is 1.66. The summed E-state index contributed by atoms with van der Waals surface area (Å²) in [5.74, 6) is 0.410. The van der Waals surface area contributed by atoms with E-state index in [9.17, 15) is 13.2 Å². The van der Waals surface area contributed by atoms with E-state index >= 15 is 0 Å². The van der Waals surface area contributed by atoms with E-state index in [4.69, 9.17) is 0 Å². The van der Waals surface area contributed by atoms with Crippen LogP contribution in [0.15, 0.2) is 0 Å². The van der Waals surface area contributed by atoms with Crippen LogP contribution in [0.5, 0.6) is 0 Å². The standard InChI is InChI=1S/C11H21N3O3S/c1-9-3-4-12-7-10(9)13-11(15)8-14-5-2-6-18(14,16)17/h9-10,12H,2-8H2,1H3,(H,13,15). The third kappa shape index (κ3) is 3.21. The van der Waals surface area contributed by atoms with E-state index in [1.807, 2.05) is 0 Å². The number of rotatable bonds is 3. The van der Waals surface area contributed by atoms with E-state index in [1.165, 1.54) is 4.31 Å². The van der Waals surface area contributed by atoms with Gasteiger partial charge in [-0.05, 0) is 25.3 Å². The topological polar surface area (TPSA) is 78.5 Å². The fourth-order valence-corrected chi connectivity index (χ4v) is 3.94. The van der Waals surface area contributed by atoms with Gasteiger partial charge in [0.1, 0.15) is 0 Å². The summed E-state index contributed by atoms with van der Waals surface area (Å²) in [4.78, 5) is 11.9. The zero-order valence-electron chi connectivity index (χ0n) is 10.7. The molecule has 2 saturated heterocycles. The SMILES string of the molecule is CC1CCNCC1NC(=O)CN1CCCS1(=O)=O. The van der Waals surface area contributed by atoms with Crippen LogP contribution in [0.4, 0.5) is 0 Å². The summed E-state index contributed by atoms with van der Waals surface area (Å²) >= 11 is 0. The van der Waals surface area contributed by atoms with Crippen molar-refractivity contribution >= 4 is 15.9 Å². The number of piperidine rings is 1. The molecule has 2 unspecified atom stereocenters. The van der Waals surface area contributed by atoms with Gasteiger partial charge in [-0.15, -0.1) is 0 Å². The average molecular weight is 275 g/mol. The molecule has 2 aliphatic heterocycles. The zero-order chi connectivity index (χ0) is 13.2. The molecule has 0 aromatic rings. The molecule has 0 aromatic carbocycles. The molecule has 104 valence electrons. The Bertz CT molecular complexity index is 410. The number of nitrogens with one attached hydrogen (secondary N) is 2. The molecule has 2 fully saturated rings. The molecule has 0 bridgehead atoms. The van der Waals surface area contributed by atoms with Crippen molar-refractivity contribution in [1.82, 2.24) is 14.9 Å². The Morgan fingerprint density at radius 1 is 1.50 bits per heavy atom. The minimum absolute atomic E-state index is 0.0362.